The zero-order valence-electron chi connectivity index (χ0n) is 22.9. The van der Waals surface area contributed by atoms with Gasteiger partial charge in [0.15, 0.2) is 10.9 Å². The van der Waals surface area contributed by atoms with Gasteiger partial charge in [-0.15, -0.1) is 5.10 Å². The zero-order chi connectivity index (χ0) is 28.0. The van der Waals surface area contributed by atoms with Gasteiger partial charge in [0.05, 0.1) is 17.4 Å². The molecule has 9 heteroatoms. The van der Waals surface area contributed by atoms with Gasteiger partial charge in [0.25, 0.3) is 5.91 Å². The van der Waals surface area contributed by atoms with Crippen molar-refractivity contribution in [2.45, 2.75) is 23.9 Å². The second kappa shape index (κ2) is 12.4. The number of aromatic nitrogens is 5. The number of hydrogen-bond donors (Lipinski definition) is 0. The Bertz CT molecular complexity index is 1530. The van der Waals surface area contributed by atoms with Gasteiger partial charge in [-0.2, -0.15) is 0 Å². The average Bonchev–Trinajstić information content (AvgIpc) is 3.46. The third-order valence-electron chi connectivity index (χ3n) is 7.32. The van der Waals surface area contributed by atoms with E-state index in [2.05, 4.69) is 73.7 Å². The first kappa shape index (κ1) is 26.9. The van der Waals surface area contributed by atoms with Crippen LogP contribution in [-0.4, -0.2) is 66.8 Å². The number of amides is 1. The molecule has 0 N–H and O–H groups in total. The summed E-state index contributed by atoms with van der Waals surface area (Å²) in [6.45, 7) is 4.79. The van der Waals surface area contributed by atoms with Crippen molar-refractivity contribution in [2.24, 2.45) is 0 Å². The molecule has 2 aromatic heterocycles. The highest BCUT2D eigenvalue weighted by Gasteiger charge is 2.31. The summed E-state index contributed by atoms with van der Waals surface area (Å²) in [4.78, 5) is 26.9. The highest BCUT2D eigenvalue weighted by molar-refractivity contribution is 7.98. The average molecular weight is 562 g/mol. The van der Waals surface area contributed by atoms with E-state index in [0.29, 0.717) is 29.7 Å². The van der Waals surface area contributed by atoms with Crippen molar-refractivity contribution in [1.82, 2.24) is 34.8 Å². The van der Waals surface area contributed by atoms with Crippen molar-refractivity contribution in [2.75, 3.05) is 26.2 Å². The molecular weight excluding hydrogens is 530 g/mol. The van der Waals surface area contributed by atoms with E-state index in [1.165, 1.54) is 22.9 Å². The smallest absolute Gasteiger partial charge is 0.276 e. The SMILES string of the molecule is Cc1ccc(-n2nnc(C(=O)N3CCN(C(c4ccccc4)c4ccccc4)CC3)c2CSc2ncccn2)cc1. The Balaban J connectivity index is 1.23. The summed E-state index contributed by atoms with van der Waals surface area (Å²) in [5.74, 6) is 0.374. The summed E-state index contributed by atoms with van der Waals surface area (Å²) in [6, 6.07) is 31.1. The van der Waals surface area contributed by atoms with E-state index in [1.54, 1.807) is 23.1 Å². The second-order valence-electron chi connectivity index (χ2n) is 10.0. The van der Waals surface area contributed by atoms with Crippen LogP contribution >= 0.6 is 11.8 Å². The van der Waals surface area contributed by atoms with Crippen LogP contribution < -0.4 is 0 Å². The Labute approximate surface area is 244 Å². The van der Waals surface area contributed by atoms with Gasteiger partial charge in [-0.1, -0.05) is 95.3 Å². The molecule has 3 aromatic carbocycles. The van der Waals surface area contributed by atoms with E-state index in [0.717, 1.165) is 30.0 Å². The molecule has 1 amide bonds. The molecule has 0 aliphatic carbocycles. The van der Waals surface area contributed by atoms with E-state index in [1.807, 2.05) is 48.2 Å². The molecule has 8 nitrogen and oxygen atoms in total. The molecule has 0 bridgehead atoms. The molecule has 0 saturated carbocycles. The third-order valence-corrected chi connectivity index (χ3v) is 8.21. The van der Waals surface area contributed by atoms with Crippen LogP contribution in [0.3, 0.4) is 0 Å². The molecule has 5 aromatic rings. The fourth-order valence-electron chi connectivity index (χ4n) is 5.20. The monoisotopic (exact) mass is 561 g/mol. The summed E-state index contributed by atoms with van der Waals surface area (Å²) in [6.07, 6.45) is 3.43. The number of thioether (sulfide) groups is 1. The standard InChI is InChI=1S/C32H31N7OS/c1-24-13-15-27(16-14-24)39-28(23-41-32-33-17-8-18-34-32)29(35-36-39)31(40)38-21-19-37(20-22-38)30(25-9-4-2-5-10-25)26-11-6-3-7-12-26/h2-18,30H,19-23H2,1H3. The predicted molar refractivity (Wildman–Crippen MR) is 160 cm³/mol. The number of rotatable bonds is 8. The summed E-state index contributed by atoms with van der Waals surface area (Å²) in [5, 5.41) is 9.47. The minimum absolute atomic E-state index is 0.0939. The number of carbonyl (C=O) groups excluding carboxylic acids is 1. The Morgan fingerprint density at radius 3 is 2.02 bits per heavy atom. The molecule has 0 radical (unpaired) electrons. The van der Waals surface area contributed by atoms with Crippen LogP contribution in [0.4, 0.5) is 0 Å². The maximum absolute atomic E-state index is 13.9. The fourth-order valence-corrected chi connectivity index (χ4v) is 6.00. The lowest BCUT2D eigenvalue weighted by atomic mass is 9.96. The Morgan fingerprint density at radius 1 is 0.805 bits per heavy atom. The lowest BCUT2D eigenvalue weighted by Crippen LogP contribution is -2.50. The van der Waals surface area contributed by atoms with Crippen molar-refractivity contribution >= 4 is 17.7 Å². The minimum Gasteiger partial charge on any atom is -0.335 e. The van der Waals surface area contributed by atoms with Gasteiger partial charge < -0.3 is 4.90 Å². The highest BCUT2D eigenvalue weighted by Crippen LogP contribution is 2.30. The summed E-state index contributed by atoms with van der Waals surface area (Å²) in [7, 11) is 0. The second-order valence-corrected chi connectivity index (χ2v) is 10.9. The molecule has 1 aliphatic rings. The van der Waals surface area contributed by atoms with E-state index < -0.39 is 0 Å². The molecule has 1 fully saturated rings. The van der Waals surface area contributed by atoms with E-state index >= 15 is 0 Å². The quantitative estimate of drug-likeness (QED) is 0.190. The lowest BCUT2D eigenvalue weighted by molar-refractivity contribution is 0.0591. The Hall–Kier alpha value is -4.34. The Kier molecular flexibility index (Phi) is 8.16. The summed E-state index contributed by atoms with van der Waals surface area (Å²) < 4.78 is 1.76. The van der Waals surface area contributed by atoms with Crippen LogP contribution in [0.25, 0.3) is 5.69 Å². The Morgan fingerprint density at radius 2 is 1.41 bits per heavy atom. The largest absolute Gasteiger partial charge is 0.335 e. The van der Waals surface area contributed by atoms with Crippen LogP contribution in [0.2, 0.25) is 0 Å². The molecule has 206 valence electrons. The molecule has 41 heavy (non-hydrogen) atoms. The lowest BCUT2D eigenvalue weighted by Gasteiger charge is -2.39. The molecule has 3 heterocycles. The number of hydrogen-bond acceptors (Lipinski definition) is 7. The van der Waals surface area contributed by atoms with E-state index in [4.69, 9.17) is 0 Å². The van der Waals surface area contributed by atoms with Gasteiger partial charge >= 0.3 is 0 Å². The number of aryl methyl sites for hydroxylation is 1. The third kappa shape index (κ3) is 6.06. The molecule has 0 spiro atoms. The molecule has 6 rings (SSSR count). The van der Waals surface area contributed by atoms with Crippen molar-refractivity contribution in [3.8, 4) is 5.69 Å². The molecular formula is C32H31N7OS. The molecule has 1 saturated heterocycles. The van der Waals surface area contributed by atoms with Gasteiger partial charge in [0, 0.05) is 44.3 Å². The van der Waals surface area contributed by atoms with Crippen LogP contribution in [0.5, 0.6) is 0 Å². The maximum Gasteiger partial charge on any atom is 0.276 e. The molecule has 1 aliphatic heterocycles. The van der Waals surface area contributed by atoms with Gasteiger partial charge in [0.1, 0.15) is 0 Å². The molecule has 0 unspecified atom stereocenters. The van der Waals surface area contributed by atoms with Gasteiger partial charge in [-0.05, 0) is 36.2 Å². The first-order chi connectivity index (χ1) is 20.2. The summed E-state index contributed by atoms with van der Waals surface area (Å²) in [5.41, 5.74) is 5.64. The van der Waals surface area contributed by atoms with Gasteiger partial charge in [-0.25, -0.2) is 14.6 Å². The minimum atomic E-state index is -0.0939. The number of nitrogens with zero attached hydrogens (tertiary/aromatic N) is 7. The first-order valence-corrected chi connectivity index (χ1v) is 14.7. The van der Waals surface area contributed by atoms with Crippen molar-refractivity contribution < 1.29 is 4.79 Å². The highest BCUT2D eigenvalue weighted by atomic mass is 32.2. The van der Waals surface area contributed by atoms with Crippen molar-refractivity contribution in [3.05, 3.63) is 131 Å². The van der Waals surface area contributed by atoms with Crippen LogP contribution in [0.15, 0.2) is 109 Å². The first-order valence-electron chi connectivity index (χ1n) is 13.7. The van der Waals surface area contributed by atoms with Gasteiger partial charge in [-0.3, -0.25) is 9.69 Å². The summed E-state index contributed by atoms with van der Waals surface area (Å²) >= 11 is 1.47. The van der Waals surface area contributed by atoms with E-state index in [9.17, 15) is 4.79 Å². The van der Waals surface area contributed by atoms with Crippen LogP contribution in [0.1, 0.15) is 38.9 Å². The van der Waals surface area contributed by atoms with Crippen molar-refractivity contribution in [3.63, 3.8) is 0 Å². The molecule has 0 atom stereocenters. The maximum atomic E-state index is 13.9. The topological polar surface area (TPSA) is 80.0 Å². The zero-order valence-corrected chi connectivity index (χ0v) is 23.7. The van der Waals surface area contributed by atoms with E-state index in [-0.39, 0.29) is 11.9 Å². The fraction of sp³-hybridized carbons (Fsp3) is 0.219. The van der Waals surface area contributed by atoms with Crippen molar-refractivity contribution in [1.29, 1.82) is 0 Å². The number of carbonyl (C=O) groups is 1. The van der Waals surface area contributed by atoms with Gasteiger partial charge in [0.2, 0.25) is 0 Å². The number of benzene rings is 3. The van der Waals surface area contributed by atoms with Crippen LogP contribution in [-0.2, 0) is 5.75 Å². The number of piperazine rings is 1. The normalized spacial score (nSPS) is 14.0. The predicted octanol–water partition coefficient (Wildman–Crippen LogP) is 5.21. The van der Waals surface area contributed by atoms with Crippen LogP contribution in [0, 0.1) is 6.92 Å².